The lowest BCUT2D eigenvalue weighted by molar-refractivity contribution is 0.103. The Bertz CT molecular complexity index is 1360. The summed E-state index contributed by atoms with van der Waals surface area (Å²) in [5.74, 6) is -0.221. The number of hydrogen-bond donors (Lipinski definition) is 2. The molecule has 2 aromatic heterocycles. The molecule has 0 radical (unpaired) electrons. The predicted molar refractivity (Wildman–Crippen MR) is 137 cm³/mol. The van der Waals surface area contributed by atoms with Gasteiger partial charge in [0.1, 0.15) is 4.83 Å². The van der Waals surface area contributed by atoms with E-state index >= 15 is 0 Å². The van der Waals surface area contributed by atoms with E-state index in [1.807, 2.05) is 54.1 Å². The summed E-state index contributed by atoms with van der Waals surface area (Å²) in [6.07, 6.45) is 2.04. The zero-order valence-electron chi connectivity index (χ0n) is 18.7. The second kappa shape index (κ2) is 9.48. The molecule has 0 unspecified atom stereocenters. The number of benzene rings is 2. The number of para-hydroxylation sites is 2. The van der Waals surface area contributed by atoms with Crippen molar-refractivity contribution in [2.75, 3.05) is 23.7 Å². The first kappa shape index (κ1) is 22.4. The molecule has 3 heterocycles. The molecule has 3 amide bonds. The van der Waals surface area contributed by atoms with Gasteiger partial charge in [0.2, 0.25) is 0 Å². The van der Waals surface area contributed by atoms with Crippen molar-refractivity contribution in [3.05, 3.63) is 75.8 Å². The Morgan fingerprint density at radius 2 is 1.71 bits per heavy atom. The highest BCUT2D eigenvalue weighted by atomic mass is 35.5. The molecule has 0 atom stereocenters. The van der Waals surface area contributed by atoms with Crippen LogP contribution in [0.25, 0.3) is 10.2 Å². The fraction of sp³-hybridized carbons (Fsp3) is 0.240. The molecule has 1 aliphatic heterocycles. The first-order valence-corrected chi connectivity index (χ1v) is 12.3. The highest BCUT2D eigenvalue weighted by molar-refractivity contribution is 7.20. The van der Waals surface area contributed by atoms with Crippen LogP contribution in [-0.4, -0.2) is 39.7 Å². The topological polar surface area (TPSA) is 79.3 Å². The average molecular weight is 494 g/mol. The minimum absolute atomic E-state index is 0.140. The molecule has 1 fully saturated rings. The molecular weight excluding hydrogens is 470 g/mol. The molecule has 0 aliphatic carbocycles. The second-order valence-electron chi connectivity index (χ2n) is 8.32. The normalized spacial score (nSPS) is 13.4. The number of aryl methyl sites for hydroxylation is 1. The lowest BCUT2D eigenvalue weighted by atomic mass is 10.2. The van der Waals surface area contributed by atoms with E-state index in [0.29, 0.717) is 27.8 Å². The van der Waals surface area contributed by atoms with Gasteiger partial charge in [-0.05, 0) is 55.7 Å². The summed E-state index contributed by atoms with van der Waals surface area (Å²) in [6.45, 7) is 4.05. The van der Waals surface area contributed by atoms with E-state index in [1.54, 1.807) is 17.0 Å². The molecule has 0 bridgehead atoms. The van der Waals surface area contributed by atoms with Crippen LogP contribution in [0.3, 0.4) is 0 Å². The first-order valence-electron chi connectivity index (χ1n) is 11.2. The monoisotopic (exact) mass is 493 g/mol. The van der Waals surface area contributed by atoms with Gasteiger partial charge in [0.15, 0.2) is 0 Å². The van der Waals surface area contributed by atoms with Gasteiger partial charge in [0.25, 0.3) is 5.91 Å². The Morgan fingerprint density at radius 1 is 1.03 bits per heavy atom. The summed E-state index contributed by atoms with van der Waals surface area (Å²) in [6, 6.07) is 16.7. The lowest BCUT2D eigenvalue weighted by Crippen LogP contribution is -2.32. The summed E-state index contributed by atoms with van der Waals surface area (Å²) < 4.78 is 1.92. The fourth-order valence-corrected chi connectivity index (χ4v) is 5.28. The molecule has 1 aliphatic rings. The van der Waals surface area contributed by atoms with Gasteiger partial charge in [-0.15, -0.1) is 11.3 Å². The number of likely N-dealkylation sites (tertiary alicyclic amines) is 1. The molecule has 5 rings (SSSR count). The number of nitrogens with zero attached hydrogens (tertiary/aromatic N) is 3. The van der Waals surface area contributed by atoms with Crippen LogP contribution in [0.4, 0.5) is 16.2 Å². The third-order valence-electron chi connectivity index (χ3n) is 5.89. The Balaban J connectivity index is 1.35. The number of urea groups is 1. The smallest absolute Gasteiger partial charge is 0.321 e. The first-order chi connectivity index (χ1) is 16.5. The standard InChI is InChI=1S/C25H24ClN5O2S/c1-16-19-14-22(34-24(19)31(29-16)15-17-8-10-18(26)11-9-17)23(32)27-20-6-2-3-7-21(20)28-25(33)30-12-4-5-13-30/h2-3,6-11,14H,4-5,12-13,15H2,1H3,(H,27,32)(H,28,33). The Morgan fingerprint density at radius 3 is 2.41 bits per heavy atom. The summed E-state index contributed by atoms with van der Waals surface area (Å²) in [4.78, 5) is 29.0. The van der Waals surface area contributed by atoms with Crippen LogP contribution < -0.4 is 10.6 Å². The number of aromatic nitrogens is 2. The molecule has 2 N–H and O–H groups in total. The number of hydrogen-bond acceptors (Lipinski definition) is 4. The van der Waals surface area contributed by atoms with Crippen molar-refractivity contribution in [1.82, 2.24) is 14.7 Å². The molecule has 34 heavy (non-hydrogen) atoms. The maximum absolute atomic E-state index is 13.1. The van der Waals surface area contributed by atoms with Crippen LogP contribution in [0.1, 0.15) is 33.8 Å². The van der Waals surface area contributed by atoms with Gasteiger partial charge < -0.3 is 15.5 Å². The fourth-order valence-electron chi connectivity index (χ4n) is 4.09. The Hall–Kier alpha value is -3.36. The van der Waals surface area contributed by atoms with Crippen LogP contribution in [0.5, 0.6) is 0 Å². The van der Waals surface area contributed by atoms with Crippen molar-refractivity contribution in [3.63, 3.8) is 0 Å². The lowest BCUT2D eigenvalue weighted by Gasteiger charge is -2.18. The number of thiophene rings is 1. The molecule has 0 spiro atoms. The van der Waals surface area contributed by atoms with Crippen LogP contribution in [0, 0.1) is 6.92 Å². The van der Waals surface area contributed by atoms with E-state index in [-0.39, 0.29) is 11.9 Å². The van der Waals surface area contributed by atoms with Crippen molar-refractivity contribution < 1.29 is 9.59 Å². The van der Waals surface area contributed by atoms with E-state index in [2.05, 4.69) is 15.7 Å². The third-order valence-corrected chi connectivity index (χ3v) is 7.29. The van der Waals surface area contributed by atoms with Gasteiger partial charge in [-0.3, -0.25) is 9.48 Å². The summed E-state index contributed by atoms with van der Waals surface area (Å²) >= 11 is 7.40. The van der Waals surface area contributed by atoms with E-state index in [1.165, 1.54) is 11.3 Å². The maximum Gasteiger partial charge on any atom is 0.321 e. The van der Waals surface area contributed by atoms with Crippen LogP contribution in [-0.2, 0) is 6.54 Å². The molecule has 1 saturated heterocycles. The van der Waals surface area contributed by atoms with Crippen molar-refractivity contribution in [3.8, 4) is 0 Å². The number of rotatable bonds is 5. The van der Waals surface area contributed by atoms with Crippen molar-refractivity contribution in [2.24, 2.45) is 0 Å². The molecule has 4 aromatic rings. The summed E-state index contributed by atoms with van der Waals surface area (Å²) in [7, 11) is 0. The van der Waals surface area contributed by atoms with Gasteiger partial charge in [-0.1, -0.05) is 35.9 Å². The second-order valence-corrected chi connectivity index (χ2v) is 9.79. The Labute approximate surface area is 206 Å². The van der Waals surface area contributed by atoms with Gasteiger partial charge in [0.05, 0.1) is 28.5 Å². The zero-order valence-corrected chi connectivity index (χ0v) is 20.2. The minimum atomic E-state index is -0.221. The molecule has 2 aromatic carbocycles. The predicted octanol–water partition coefficient (Wildman–Crippen LogP) is 5.99. The van der Waals surface area contributed by atoms with E-state index in [4.69, 9.17) is 11.6 Å². The van der Waals surface area contributed by atoms with Gasteiger partial charge in [-0.25, -0.2) is 4.79 Å². The zero-order chi connectivity index (χ0) is 23.7. The number of nitrogens with one attached hydrogen (secondary N) is 2. The van der Waals surface area contributed by atoms with E-state index < -0.39 is 0 Å². The minimum Gasteiger partial charge on any atom is -0.325 e. The van der Waals surface area contributed by atoms with Crippen molar-refractivity contribution in [2.45, 2.75) is 26.3 Å². The van der Waals surface area contributed by atoms with Gasteiger partial charge in [-0.2, -0.15) is 5.10 Å². The highest BCUT2D eigenvalue weighted by Crippen LogP contribution is 2.30. The SMILES string of the molecule is Cc1nn(Cc2ccc(Cl)cc2)c2sc(C(=O)Nc3ccccc3NC(=O)N3CCCC3)cc12. The van der Waals surface area contributed by atoms with Crippen LogP contribution in [0.2, 0.25) is 5.02 Å². The number of halogens is 1. The number of carbonyl (C=O) groups excluding carboxylic acids is 2. The van der Waals surface area contributed by atoms with E-state index in [0.717, 1.165) is 47.4 Å². The number of anilines is 2. The number of fused-ring (bicyclic) bond motifs is 1. The summed E-state index contributed by atoms with van der Waals surface area (Å²) in [5.41, 5.74) is 3.10. The molecule has 174 valence electrons. The summed E-state index contributed by atoms with van der Waals surface area (Å²) in [5, 5.41) is 12.2. The van der Waals surface area contributed by atoms with E-state index in [9.17, 15) is 9.59 Å². The van der Waals surface area contributed by atoms with Crippen LogP contribution >= 0.6 is 22.9 Å². The Kier molecular flexibility index (Phi) is 6.26. The van der Waals surface area contributed by atoms with Gasteiger partial charge in [0, 0.05) is 23.5 Å². The molecule has 7 nitrogen and oxygen atoms in total. The number of amides is 3. The van der Waals surface area contributed by atoms with Crippen molar-refractivity contribution in [1.29, 1.82) is 0 Å². The quantitative estimate of drug-likeness (QED) is 0.358. The van der Waals surface area contributed by atoms with Crippen molar-refractivity contribution >= 4 is 56.5 Å². The van der Waals surface area contributed by atoms with Gasteiger partial charge >= 0.3 is 6.03 Å². The van der Waals surface area contributed by atoms with Crippen LogP contribution in [0.15, 0.2) is 54.6 Å². The maximum atomic E-state index is 13.1. The molecular formula is C25H24ClN5O2S. The number of carbonyl (C=O) groups is 2. The highest BCUT2D eigenvalue weighted by Gasteiger charge is 2.20. The molecule has 9 heteroatoms. The third kappa shape index (κ3) is 4.64. The molecule has 0 saturated carbocycles. The average Bonchev–Trinajstić information content (AvgIpc) is 3.56. The largest absolute Gasteiger partial charge is 0.325 e.